The minimum Gasteiger partial charge on any atom is -0.494 e. The number of hydrogen-bond acceptors (Lipinski definition) is 9. The van der Waals surface area contributed by atoms with Crippen LogP contribution in [0.1, 0.15) is 25.7 Å². The maximum absolute atomic E-state index is 15.3. The largest absolute Gasteiger partial charge is 0.494 e. The van der Waals surface area contributed by atoms with Crippen molar-refractivity contribution in [3.63, 3.8) is 0 Å². The monoisotopic (exact) mass is 614 g/mol. The molecule has 0 fully saturated rings. The number of nitro benzene ring substituents is 1. The molecule has 4 rings (SSSR count). The van der Waals surface area contributed by atoms with Crippen molar-refractivity contribution >= 4 is 44.0 Å². The van der Waals surface area contributed by atoms with Crippen molar-refractivity contribution in [3.05, 3.63) is 50.6 Å². The molecule has 0 spiro atoms. The van der Waals surface area contributed by atoms with Gasteiger partial charge < -0.3 is 24.8 Å². The van der Waals surface area contributed by atoms with Gasteiger partial charge in [0.15, 0.2) is 17.4 Å². The molecule has 0 unspecified atom stereocenters. The number of nitrogens with zero attached hydrogens (tertiary/aromatic N) is 7. The van der Waals surface area contributed by atoms with Crippen LogP contribution in [0.25, 0.3) is 33.7 Å². The summed E-state index contributed by atoms with van der Waals surface area (Å²) in [4.78, 5) is 29.1. The zero-order valence-electron chi connectivity index (χ0n) is 23.5. The van der Waals surface area contributed by atoms with Crippen molar-refractivity contribution in [2.45, 2.75) is 26.8 Å². The molecule has 13 heteroatoms. The van der Waals surface area contributed by atoms with Gasteiger partial charge in [-0.15, -0.1) is 0 Å². The van der Waals surface area contributed by atoms with E-state index in [2.05, 4.69) is 25.9 Å². The van der Waals surface area contributed by atoms with Crippen LogP contribution < -0.4 is 15.4 Å². The molecule has 2 N–H and O–H groups in total. The number of nitrogens with two attached hydrogens (primary N) is 1. The third-order valence-corrected chi connectivity index (χ3v) is 7.19. The molecule has 2 heterocycles. The number of aromatic nitrogens is 4. The topological polar surface area (TPSA) is 128 Å². The van der Waals surface area contributed by atoms with Crippen LogP contribution >= 0.6 is 15.9 Å². The highest BCUT2D eigenvalue weighted by molar-refractivity contribution is 9.10. The lowest BCUT2D eigenvalue weighted by molar-refractivity contribution is -0.384. The van der Waals surface area contributed by atoms with Crippen molar-refractivity contribution in [2.24, 2.45) is 0 Å². The lowest BCUT2D eigenvalue weighted by Gasteiger charge is -2.25. The predicted molar refractivity (Wildman–Crippen MR) is 158 cm³/mol. The third kappa shape index (κ3) is 5.30. The molecule has 0 aliphatic carbocycles. The molecular weight excluding hydrogens is 583 g/mol. The Kier molecular flexibility index (Phi) is 8.26. The lowest BCUT2D eigenvalue weighted by atomic mass is 10.0. The van der Waals surface area contributed by atoms with E-state index in [0.717, 1.165) is 0 Å². The number of methoxy groups -OCH3 is 1. The van der Waals surface area contributed by atoms with Gasteiger partial charge in [-0.2, -0.15) is 0 Å². The Labute approximate surface area is 240 Å². The van der Waals surface area contributed by atoms with Crippen molar-refractivity contribution < 1.29 is 14.1 Å². The van der Waals surface area contributed by atoms with E-state index in [0.29, 0.717) is 40.2 Å². The zero-order valence-corrected chi connectivity index (χ0v) is 25.1. The summed E-state index contributed by atoms with van der Waals surface area (Å²) in [6.45, 7) is 6.95. The Morgan fingerprint density at radius 1 is 1.20 bits per heavy atom. The Balaban J connectivity index is 2.00. The van der Waals surface area contributed by atoms with Gasteiger partial charge in [-0.05, 0) is 62.9 Å². The number of anilines is 2. The first-order valence-corrected chi connectivity index (χ1v) is 13.4. The minimum atomic E-state index is -0.487. The molecule has 2 aromatic carbocycles. The number of nitrogen functional groups attached to an aromatic ring is 1. The van der Waals surface area contributed by atoms with Crippen LogP contribution in [0.15, 0.2) is 28.9 Å². The second-order valence-corrected chi connectivity index (χ2v) is 10.9. The van der Waals surface area contributed by atoms with Gasteiger partial charge in [0.2, 0.25) is 0 Å². The number of hydrogen-bond donors (Lipinski definition) is 1. The number of aryl methyl sites for hydroxylation is 1. The number of benzene rings is 2. The van der Waals surface area contributed by atoms with Gasteiger partial charge in [-0.25, -0.2) is 19.3 Å². The Morgan fingerprint density at radius 3 is 2.50 bits per heavy atom. The van der Waals surface area contributed by atoms with Crippen LogP contribution in [0.2, 0.25) is 0 Å². The predicted octanol–water partition coefficient (Wildman–Crippen LogP) is 5.45. The number of halogens is 2. The summed E-state index contributed by atoms with van der Waals surface area (Å²) in [7, 11) is 7.02. The summed E-state index contributed by atoms with van der Waals surface area (Å²) in [6.07, 6.45) is 1.53. The van der Waals surface area contributed by atoms with Crippen LogP contribution in [0.4, 0.5) is 21.5 Å². The summed E-state index contributed by atoms with van der Waals surface area (Å²) in [5, 5.41) is 12.2. The van der Waals surface area contributed by atoms with E-state index in [1.54, 1.807) is 11.9 Å². The Bertz CT molecular complexity index is 1610. The molecule has 0 atom stereocenters. The smallest absolute Gasteiger partial charge is 0.295 e. The van der Waals surface area contributed by atoms with Gasteiger partial charge in [-0.1, -0.05) is 0 Å². The summed E-state index contributed by atoms with van der Waals surface area (Å²) < 4.78 is 23.4. The molecule has 0 bridgehead atoms. The highest BCUT2D eigenvalue weighted by Gasteiger charge is 2.30. The molecule has 0 aliphatic heterocycles. The molecule has 0 amide bonds. The maximum atomic E-state index is 15.3. The molecule has 2 aromatic heterocycles. The molecule has 0 saturated heterocycles. The van der Waals surface area contributed by atoms with E-state index < -0.39 is 10.7 Å². The SMILES string of the molecule is COc1c(N)cc([N+](=O)[O-])c(N(C)CCN(C)C)c1-c1ncc(Br)c(-c2cc(F)c3nc(C)n(C(C)C)c3c2)n1. The van der Waals surface area contributed by atoms with Crippen LogP contribution in [0.5, 0.6) is 5.75 Å². The zero-order chi connectivity index (χ0) is 29.5. The number of rotatable bonds is 9. The summed E-state index contributed by atoms with van der Waals surface area (Å²) in [5.74, 6) is 0.570. The fraction of sp³-hybridized carbons (Fsp3) is 0.370. The van der Waals surface area contributed by atoms with E-state index in [1.165, 1.54) is 25.4 Å². The molecule has 0 radical (unpaired) electrons. The molecule has 40 heavy (non-hydrogen) atoms. The maximum Gasteiger partial charge on any atom is 0.295 e. The first-order valence-electron chi connectivity index (χ1n) is 12.6. The van der Waals surface area contributed by atoms with Gasteiger partial charge in [0, 0.05) is 44.0 Å². The molecule has 0 saturated carbocycles. The Morgan fingerprint density at radius 2 is 1.90 bits per heavy atom. The molecule has 4 aromatic rings. The molecular formula is C27H32BrFN8O3. The first-order chi connectivity index (χ1) is 18.8. The normalized spacial score (nSPS) is 11.6. The quantitative estimate of drug-likeness (QED) is 0.149. The highest BCUT2D eigenvalue weighted by atomic mass is 79.9. The van der Waals surface area contributed by atoms with Crippen LogP contribution in [0, 0.1) is 22.9 Å². The minimum absolute atomic E-state index is 0.0569. The summed E-state index contributed by atoms with van der Waals surface area (Å²) in [5.41, 5.74) is 8.43. The van der Waals surface area contributed by atoms with Gasteiger partial charge in [0.05, 0.1) is 39.0 Å². The van der Waals surface area contributed by atoms with Crippen molar-refractivity contribution in [2.75, 3.05) is 52.0 Å². The van der Waals surface area contributed by atoms with Gasteiger partial charge in [0.1, 0.15) is 17.0 Å². The number of imidazole rings is 1. The Hall–Kier alpha value is -3.84. The molecule has 0 aliphatic rings. The molecule has 212 valence electrons. The second-order valence-electron chi connectivity index (χ2n) is 10.1. The second kappa shape index (κ2) is 11.3. The van der Waals surface area contributed by atoms with Crippen molar-refractivity contribution in [1.82, 2.24) is 24.4 Å². The van der Waals surface area contributed by atoms with E-state index >= 15 is 4.39 Å². The van der Waals surface area contributed by atoms with E-state index in [9.17, 15) is 10.1 Å². The number of ether oxygens (including phenoxy) is 1. The summed E-state index contributed by atoms with van der Waals surface area (Å²) in [6, 6.07) is 4.54. The standard InChI is InChI=1S/C27H32BrFN8O3/c1-14(2)36-15(3)32-24-18(29)10-16(11-20(24)36)23-17(28)13-31-27(33-23)22-25(35(6)9-8-34(4)5)21(37(38)39)12-19(30)26(22)40-7/h10-14H,8-9,30H2,1-7H3. The number of fused-ring (bicyclic) bond motifs is 1. The first kappa shape index (κ1) is 29.2. The van der Waals surface area contributed by atoms with Gasteiger partial charge >= 0.3 is 0 Å². The fourth-order valence-electron chi connectivity index (χ4n) is 4.82. The van der Waals surface area contributed by atoms with Crippen molar-refractivity contribution in [3.8, 4) is 28.4 Å². The van der Waals surface area contributed by atoms with Crippen LogP contribution in [-0.4, -0.2) is 70.7 Å². The highest BCUT2D eigenvalue weighted by Crippen LogP contribution is 2.47. The number of likely N-dealkylation sites (N-methyl/N-ethyl adjacent to an activating group) is 2. The van der Waals surface area contributed by atoms with Gasteiger partial charge in [0.25, 0.3) is 5.69 Å². The fourth-order valence-corrected chi connectivity index (χ4v) is 5.24. The van der Waals surface area contributed by atoms with E-state index in [1.807, 2.05) is 50.4 Å². The number of nitro groups is 1. The van der Waals surface area contributed by atoms with Crippen LogP contribution in [-0.2, 0) is 0 Å². The van der Waals surface area contributed by atoms with E-state index in [-0.39, 0.29) is 45.8 Å². The van der Waals surface area contributed by atoms with Crippen LogP contribution in [0.3, 0.4) is 0 Å². The van der Waals surface area contributed by atoms with Crippen molar-refractivity contribution in [1.29, 1.82) is 0 Å². The molecule has 11 nitrogen and oxygen atoms in total. The third-order valence-electron chi connectivity index (χ3n) is 6.61. The van der Waals surface area contributed by atoms with E-state index in [4.69, 9.17) is 15.5 Å². The average Bonchev–Trinajstić information content (AvgIpc) is 3.23. The summed E-state index contributed by atoms with van der Waals surface area (Å²) >= 11 is 3.51. The average molecular weight is 616 g/mol. The lowest BCUT2D eigenvalue weighted by Crippen LogP contribution is -2.29. The van der Waals surface area contributed by atoms with Gasteiger partial charge in [-0.3, -0.25) is 10.1 Å².